The monoisotopic (exact) mass is 573 g/mol. The van der Waals surface area contributed by atoms with Gasteiger partial charge in [0.2, 0.25) is 11.8 Å². The van der Waals surface area contributed by atoms with Gasteiger partial charge in [-0.3, -0.25) is 19.3 Å². The van der Waals surface area contributed by atoms with Crippen molar-refractivity contribution < 1.29 is 19.5 Å². The van der Waals surface area contributed by atoms with Crippen molar-refractivity contribution in [2.24, 2.45) is 5.41 Å². The zero-order valence-electron chi connectivity index (χ0n) is 22.8. The molecule has 0 saturated carbocycles. The Morgan fingerprint density at radius 3 is 2.26 bits per heavy atom. The van der Waals surface area contributed by atoms with Gasteiger partial charge >= 0.3 is 5.97 Å². The number of carboxylic acid groups (broad SMARTS) is 1. The van der Waals surface area contributed by atoms with Gasteiger partial charge in [-0.15, -0.1) is 0 Å². The molecule has 39 heavy (non-hydrogen) atoms. The molecule has 0 aromatic heterocycles. The quantitative estimate of drug-likeness (QED) is 0.452. The number of carbonyl (C=O) groups is 3. The van der Waals surface area contributed by atoms with E-state index in [9.17, 15) is 19.5 Å². The van der Waals surface area contributed by atoms with E-state index in [1.165, 1.54) is 0 Å². The molecule has 2 fully saturated rings. The highest BCUT2D eigenvalue weighted by Crippen LogP contribution is 2.52. The number of benzene rings is 2. The molecule has 2 aromatic rings. The molecule has 9 heteroatoms. The largest absolute Gasteiger partial charge is 0.481 e. The molecular formula is C30H37Cl2N3O4. The van der Waals surface area contributed by atoms with Gasteiger partial charge in [0.05, 0.1) is 17.9 Å². The highest BCUT2D eigenvalue weighted by molar-refractivity contribution is 6.30. The second-order valence-corrected chi connectivity index (χ2v) is 11.9. The van der Waals surface area contributed by atoms with Gasteiger partial charge < -0.3 is 14.9 Å². The third kappa shape index (κ3) is 6.59. The fourth-order valence-electron chi connectivity index (χ4n) is 6.24. The van der Waals surface area contributed by atoms with Crippen molar-refractivity contribution in [1.29, 1.82) is 0 Å². The fraction of sp³-hybridized carbons (Fsp3) is 0.500. The fourth-order valence-corrected chi connectivity index (χ4v) is 6.56. The van der Waals surface area contributed by atoms with E-state index in [2.05, 4.69) is 11.8 Å². The number of piperazine rings is 1. The minimum atomic E-state index is -1.08. The number of amides is 2. The maximum atomic E-state index is 14.4. The Morgan fingerprint density at radius 2 is 1.69 bits per heavy atom. The lowest BCUT2D eigenvalue weighted by Crippen LogP contribution is -2.59. The molecule has 2 aliphatic heterocycles. The van der Waals surface area contributed by atoms with Gasteiger partial charge in [0.15, 0.2) is 0 Å². The number of hydrogen-bond acceptors (Lipinski definition) is 4. The minimum Gasteiger partial charge on any atom is -0.481 e. The van der Waals surface area contributed by atoms with Crippen molar-refractivity contribution in [1.82, 2.24) is 14.7 Å². The average molecular weight is 575 g/mol. The molecule has 0 spiro atoms. The first-order valence-corrected chi connectivity index (χ1v) is 14.3. The van der Waals surface area contributed by atoms with Crippen molar-refractivity contribution in [3.8, 4) is 0 Å². The van der Waals surface area contributed by atoms with Gasteiger partial charge in [0.1, 0.15) is 0 Å². The summed E-state index contributed by atoms with van der Waals surface area (Å²) in [6.07, 6.45) is 0.838. The summed E-state index contributed by atoms with van der Waals surface area (Å²) < 4.78 is 0. The molecule has 2 amide bonds. The van der Waals surface area contributed by atoms with Crippen LogP contribution in [0.3, 0.4) is 0 Å². The number of nitrogens with zero attached hydrogens (tertiary/aromatic N) is 3. The van der Waals surface area contributed by atoms with Crippen LogP contribution in [0.15, 0.2) is 48.5 Å². The number of hydrogen-bond donors (Lipinski definition) is 1. The first kappa shape index (κ1) is 29.4. The Morgan fingerprint density at radius 1 is 1.03 bits per heavy atom. The van der Waals surface area contributed by atoms with E-state index >= 15 is 0 Å². The summed E-state index contributed by atoms with van der Waals surface area (Å²) >= 11 is 12.7. The predicted octanol–water partition coefficient (Wildman–Crippen LogP) is 5.47. The summed E-state index contributed by atoms with van der Waals surface area (Å²) in [7, 11) is 0. The Kier molecular flexibility index (Phi) is 9.25. The summed E-state index contributed by atoms with van der Waals surface area (Å²) in [5.41, 5.74) is 0.846. The van der Waals surface area contributed by atoms with Gasteiger partial charge in [-0.25, -0.2) is 0 Å². The summed E-state index contributed by atoms with van der Waals surface area (Å²) in [6.45, 7) is 8.85. The lowest BCUT2D eigenvalue weighted by atomic mass is 9.67. The van der Waals surface area contributed by atoms with Gasteiger partial charge in [-0.2, -0.15) is 0 Å². The van der Waals surface area contributed by atoms with E-state index < -0.39 is 11.4 Å². The molecule has 2 saturated heterocycles. The normalized spacial score (nSPS) is 25.0. The van der Waals surface area contributed by atoms with E-state index in [0.29, 0.717) is 42.5 Å². The third-order valence-corrected chi connectivity index (χ3v) is 8.77. The SMILES string of the molecule is CC[C@@H](CN1CCN(C(C)=O)CC1)N1C(=O)[C@](C)(CC(=O)O)C[C@H](c2cccc(Cl)c2)[C@H]1c1ccc(Cl)cc1. The molecule has 7 nitrogen and oxygen atoms in total. The number of carbonyl (C=O) groups excluding carboxylic acids is 2. The Labute approximate surface area is 240 Å². The van der Waals surface area contributed by atoms with Crippen molar-refractivity contribution in [2.45, 2.75) is 58.0 Å². The summed E-state index contributed by atoms with van der Waals surface area (Å²) in [5, 5.41) is 11.0. The summed E-state index contributed by atoms with van der Waals surface area (Å²) in [6, 6.07) is 14.8. The molecule has 2 heterocycles. The Hall–Kier alpha value is -2.61. The van der Waals surface area contributed by atoms with Crippen LogP contribution in [0, 0.1) is 5.41 Å². The minimum absolute atomic E-state index is 0.0736. The highest BCUT2D eigenvalue weighted by Gasteiger charge is 2.52. The lowest BCUT2D eigenvalue weighted by Gasteiger charge is -2.52. The van der Waals surface area contributed by atoms with Crippen LogP contribution in [0.1, 0.15) is 63.1 Å². The molecular weight excluding hydrogens is 537 g/mol. The lowest BCUT2D eigenvalue weighted by molar-refractivity contribution is -0.161. The number of rotatable bonds is 8. The molecule has 0 bridgehead atoms. The first-order valence-electron chi connectivity index (χ1n) is 13.6. The van der Waals surface area contributed by atoms with E-state index in [1.54, 1.807) is 13.8 Å². The number of likely N-dealkylation sites (tertiary alicyclic amines) is 1. The van der Waals surface area contributed by atoms with Crippen LogP contribution in [0.4, 0.5) is 0 Å². The Bertz CT molecular complexity index is 1200. The van der Waals surface area contributed by atoms with E-state index in [-0.39, 0.29) is 36.2 Å². The molecule has 0 aliphatic carbocycles. The predicted molar refractivity (Wildman–Crippen MR) is 153 cm³/mol. The third-order valence-electron chi connectivity index (χ3n) is 8.28. The van der Waals surface area contributed by atoms with Gasteiger partial charge in [0.25, 0.3) is 0 Å². The van der Waals surface area contributed by atoms with Crippen molar-refractivity contribution >= 4 is 41.0 Å². The van der Waals surface area contributed by atoms with E-state index in [0.717, 1.165) is 24.2 Å². The molecule has 0 unspecified atom stereocenters. The van der Waals surface area contributed by atoms with Crippen molar-refractivity contribution in [3.63, 3.8) is 0 Å². The molecule has 1 N–H and O–H groups in total. The number of carboxylic acids is 1. The second-order valence-electron chi connectivity index (χ2n) is 11.1. The molecule has 2 aromatic carbocycles. The average Bonchev–Trinajstić information content (AvgIpc) is 2.89. The van der Waals surface area contributed by atoms with Crippen molar-refractivity contribution in [3.05, 3.63) is 69.7 Å². The standard InChI is InChI=1S/C30H37Cl2N3O4/c1-4-25(19-33-12-14-34(15-13-33)20(2)36)35-28(21-8-10-23(31)11-9-21)26(22-6-5-7-24(32)16-22)17-30(3,29(35)39)18-27(37)38/h5-11,16,25-26,28H,4,12-15,17-19H2,1-3H3,(H,37,38)/t25-,26+,28+,30-/m0/s1. The van der Waals surface area contributed by atoms with Crippen LogP contribution in [0.2, 0.25) is 10.0 Å². The Balaban J connectivity index is 1.78. The van der Waals surface area contributed by atoms with Gasteiger partial charge in [-0.05, 0) is 48.2 Å². The molecule has 4 rings (SSSR count). The van der Waals surface area contributed by atoms with Crippen molar-refractivity contribution in [2.75, 3.05) is 32.7 Å². The smallest absolute Gasteiger partial charge is 0.304 e. The van der Waals surface area contributed by atoms with Gasteiger partial charge in [-0.1, -0.05) is 61.3 Å². The first-order chi connectivity index (χ1) is 18.5. The highest BCUT2D eigenvalue weighted by atomic mass is 35.5. The zero-order valence-corrected chi connectivity index (χ0v) is 24.3. The molecule has 210 valence electrons. The zero-order chi connectivity index (χ0) is 28.3. The molecule has 0 radical (unpaired) electrons. The van der Waals surface area contributed by atoms with E-state index in [4.69, 9.17) is 23.2 Å². The second kappa shape index (κ2) is 12.3. The maximum Gasteiger partial charge on any atom is 0.304 e. The number of piperidine rings is 1. The van der Waals surface area contributed by atoms with Crippen LogP contribution in [0.5, 0.6) is 0 Å². The summed E-state index contributed by atoms with van der Waals surface area (Å²) in [5.74, 6) is -1.23. The topological polar surface area (TPSA) is 81.2 Å². The molecule has 2 aliphatic rings. The summed E-state index contributed by atoms with van der Waals surface area (Å²) in [4.78, 5) is 44.4. The van der Waals surface area contributed by atoms with Crippen LogP contribution in [0.25, 0.3) is 0 Å². The van der Waals surface area contributed by atoms with Crippen LogP contribution >= 0.6 is 23.2 Å². The maximum absolute atomic E-state index is 14.4. The van der Waals surface area contributed by atoms with Crippen LogP contribution in [-0.4, -0.2) is 76.4 Å². The van der Waals surface area contributed by atoms with Crippen LogP contribution in [-0.2, 0) is 14.4 Å². The van der Waals surface area contributed by atoms with E-state index in [1.807, 2.05) is 58.3 Å². The number of aliphatic carboxylic acids is 1. The molecule has 4 atom stereocenters. The van der Waals surface area contributed by atoms with Gasteiger partial charge in [0, 0.05) is 61.7 Å². The number of halogens is 2. The van der Waals surface area contributed by atoms with Crippen LogP contribution < -0.4 is 0 Å².